The molecule has 0 aliphatic heterocycles. The molecule has 96 valence electrons. The summed E-state index contributed by atoms with van der Waals surface area (Å²) in [5.41, 5.74) is 1.20. The van der Waals surface area contributed by atoms with Crippen molar-refractivity contribution >= 4 is 17.2 Å². The fourth-order valence-corrected chi connectivity index (χ4v) is 2.11. The highest BCUT2D eigenvalue weighted by Crippen LogP contribution is 2.22. The first-order valence-electron chi connectivity index (χ1n) is 5.69. The Morgan fingerprint density at radius 2 is 2.50 bits per heavy atom. The second-order valence-electron chi connectivity index (χ2n) is 4.14. The van der Waals surface area contributed by atoms with Crippen LogP contribution in [0.2, 0.25) is 0 Å². The molecule has 2 heterocycles. The summed E-state index contributed by atoms with van der Waals surface area (Å²) < 4.78 is 0. The van der Waals surface area contributed by atoms with E-state index in [1.807, 2.05) is 24.4 Å². The molecule has 0 spiro atoms. The van der Waals surface area contributed by atoms with Gasteiger partial charge in [0.1, 0.15) is 0 Å². The number of hydrogen-bond donors (Lipinski definition) is 3. The van der Waals surface area contributed by atoms with E-state index < -0.39 is 0 Å². The van der Waals surface area contributed by atoms with Crippen LogP contribution in [0.1, 0.15) is 17.4 Å². The first kappa shape index (κ1) is 12.8. The van der Waals surface area contributed by atoms with Gasteiger partial charge in [-0.25, -0.2) is 0 Å². The minimum atomic E-state index is -0.227. The number of rotatable bonds is 5. The van der Waals surface area contributed by atoms with Crippen molar-refractivity contribution in [3.63, 3.8) is 0 Å². The van der Waals surface area contributed by atoms with Crippen LogP contribution < -0.4 is 5.32 Å². The van der Waals surface area contributed by atoms with Gasteiger partial charge >= 0.3 is 0 Å². The number of nitrogens with zero attached hydrogens (tertiary/aromatic N) is 1. The lowest BCUT2D eigenvalue weighted by Gasteiger charge is -2.07. The Hall–Kier alpha value is -1.66. The van der Waals surface area contributed by atoms with Crippen LogP contribution in [0.5, 0.6) is 0 Å². The molecule has 2 rings (SSSR count). The van der Waals surface area contributed by atoms with Crippen LogP contribution in [0.25, 0.3) is 10.6 Å². The van der Waals surface area contributed by atoms with Gasteiger partial charge in [-0.3, -0.25) is 9.89 Å². The summed E-state index contributed by atoms with van der Waals surface area (Å²) in [5, 5.41) is 20.4. The summed E-state index contributed by atoms with van der Waals surface area (Å²) in [6, 6.07) is 5.64. The second kappa shape index (κ2) is 5.79. The highest BCUT2D eigenvalue weighted by molar-refractivity contribution is 7.13. The van der Waals surface area contributed by atoms with Crippen molar-refractivity contribution in [3.05, 3.63) is 29.3 Å². The van der Waals surface area contributed by atoms with Crippen LogP contribution in [0.3, 0.4) is 0 Å². The van der Waals surface area contributed by atoms with Gasteiger partial charge < -0.3 is 10.4 Å². The molecular weight excluding hydrogens is 250 g/mol. The van der Waals surface area contributed by atoms with E-state index in [2.05, 4.69) is 15.5 Å². The molecule has 0 aliphatic rings. The highest BCUT2D eigenvalue weighted by atomic mass is 32.1. The Bertz CT molecular complexity index is 507. The molecule has 2 aromatic rings. The average Bonchev–Trinajstić information content (AvgIpc) is 3.04. The maximum Gasteiger partial charge on any atom is 0.271 e. The molecule has 0 radical (unpaired) electrons. The summed E-state index contributed by atoms with van der Waals surface area (Å²) in [4.78, 5) is 12.8. The lowest BCUT2D eigenvalue weighted by atomic mass is 10.2. The predicted octanol–water partition coefficient (Wildman–Crippen LogP) is 1.50. The Labute approximate surface area is 109 Å². The van der Waals surface area contributed by atoms with Gasteiger partial charge in [-0.15, -0.1) is 11.3 Å². The quantitative estimate of drug-likeness (QED) is 0.766. The predicted molar refractivity (Wildman–Crippen MR) is 70.5 cm³/mol. The van der Waals surface area contributed by atoms with Gasteiger partial charge in [-0.2, -0.15) is 5.10 Å². The summed E-state index contributed by atoms with van der Waals surface area (Å²) >= 11 is 1.59. The smallest absolute Gasteiger partial charge is 0.271 e. The SMILES string of the molecule is CC(CO)CNC(=O)c1cc(-c2cccs2)[nH]n1. The highest BCUT2D eigenvalue weighted by Gasteiger charge is 2.12. The van der Waals surface area contributed by atoms with Crippen molar-refractivity contribution in [3.8, 4) is 10.6 Å². The normalized spacial score (nSPS) is 12.3. The molecule has 0 fully saturated rings. The summed E-state index contributed by atoms with van der Waals surface area (Å²) in [6.07, 6.45) is 0. The minimum absolute atomic E-state index is 0.0460. The number of hydrogen-bond acceptors (Lipinski definition) is 4. The molecule has 3 N–H and O–H groups in total. The Morgan fingerprint density at radius 1 is 1.67 bits per heavy atom. The summed E-state index contributed by atoms with van der Waals surface area (Å²) in [6.45, 7) is 2.36. The van der Waals surface area contributed by atoms with Crippen molar-refractivity contribution in [2.45, 2.75) is 6.92 Å². The van der Waals surface area contributed by atoms with Gasteiger partial charge in [0.05, 0.1) is 10.6 Å². The Kier molecular flexibility index (Phi) is 4.11. The van der Waals surface area contributed by atoms with E-state index >= 15 is 0 Å². The van der Waals surface area contributed by atoms with Crippen LogP contribution in [0.15, 0.2) is 23.6 Å². The monoisotopic (exact) mass is 265 g/mol. The van der Waals surface area contributed by atoms with E-state index in [-0.39, 0.29) is 18.4 Å². The number of aliphatic hydroxyl groups is 1. The number of nitrogens with one attached hydrogen (secondary N) is 2. The molecule has 6 heteroatoms. The van der Waals surface area contributed by atoms with Crippen LogP contribution in [0.4, 0.5) is 0 Å². The van der Waals surface area contributed by atoms with Crippen molar-refractivity contribution in [2.24, 2.45) is 5.92 Å². The van der Waals surface area contributed by atoms with Crippen molar-refractivity contribution in [1.82, 2.24) is 15.5 Å². The topological polar surface area (TPSA) is 78.0 Å². The largest absolute Gasteiger partial charge is 0.396 e. The third-order valence-electron chi connectivity index (χ3n) is 2.52. The lowest BCUT2D eigenvalue weighted by molar-refractivity contribution is 0.0937. The first-order valence-corrected chi connectivity index (χ1v) is 6.57. The molecule has 0 bridgehead atoms. The van der Waals surface area contributed by atoms with Gasteiger partial charge in [0, 0.05) is 13.2 Å². The first-order chi connectivity index (χ1) is 8.70. The fourth-order valence-electron chi connectivity index (χ4n) is 1.42. The molecule has 1 unspecified atom stereocenters. The molecule has 18 heavy (non-hydrogen) atoms. The van der Waals surface area contributed by atoms with Crippen LogP contribution in [0, 0.1) is 5.92 Å². The number of H-pyrrole nitrogens is 1. The molecule has 0 aromatic carbocycles. The average molecular weight is 265 g/mol. The molecule has 2 aromatic heterocycles. The maximum atomic E-state index is 11.8. The molecular formula is C12H15N3O2S. The molecule has 1 amide bonds. The van der Waals surface area contributed by atoms with Crippen LogP contribution in [-0.2, 0) is 0 Å². The second-order valence-corrected chi connectivity index (χ2v) is 5.09. The van der Waals surface area contributed by atoms with E-state index in [1.54, 1.807) is 17.4 Å². The van der Waals surface area contributed by atoms with Gasteiger partial charge in [-0.1, -0.05) is 13.0 Å². The maximum absolute atomic E-state index is 11.8. The number of carbonyl (C=O) groups excluding carboxylic acids is 1. The number of aromatic nitrogens is 2. The van der Waals surface area contributed by atoms with Crippen molar-refractivity contribution in [2.75, 3.05) is 13.2 Å². The number of thiophene rings is 1. The third kappa shape index (κ3) is 2.96. The Balaban J connectivity index is 1.99. The van der Waals surface area contributed by atoms with Gasteiger partial charge in [0.2, 0.25) is 0 Å². The van der Waals surface area contributed by atoms with Gasteiger partial charge in [0.25, 0.3) is 5.91 Å². The fraction of sp³-hybridized carbons (Fsp3) is 0.333. The molecule has 5 nitrogen and oxygen atoms in total. The van der Waals surface area contributed by atoms with E-state index in [4.69, 9.17) is 5.11 Å². The standard InChI is InChI=1S/C12H15N3O2S/c1-8(7-16)6-13-12(17)10-5-9(14-15-10)11-3-2-4-18-11/h2-5,8,16H,6-7H2,1H3,(H,13,17)(H,14,15). The van der Waals surface area contributed by atoms with Crippen molar-refractivity contribution < 1.29 is 9.90 Å². The van der Waals surface area contributed by atoms with Crippen molar-refractivity contribution in [1.29, 1.82) is 0 Å². The number of aromatic amines is 1. The summed E-state index contributed by atoms with van der Waals surface area (Å²) in [7, 11) is 0. The third-order valence-corrected chi connectivity index (χ3v) is 3.42. The van der Waals surface area contributed by atoms with E-state index in [0.29, 0.717) is 12.2 Å². The van der Waals surface area contributed by atoms with Crippen LogP contribution >= 0.6 is 11.3 Å². The molecule has 0 aliphatic carbocycles. The molecule has 0 saturated carbocycles. The Morgan fingerprint density at radius 3 is 3.17 bits per heavy atom. The summed E-state index contributed by atoms with van der Waals surface area (Å²) in [5.74, 6) is -0.181. The van der Waals surface area contributed by atoms with E-state index in [9.17, 15) is 4.79 Å². The zero-order chi connectivity index (χ0) is 13.0. The molecule has 0 saturated heterocycles. The van der Waals surface area contributed by atoms with Crippen LogP contribution in [-0.4, -0.2) is 34.4 Å². The zero-order valence-corrected chi connectivity index (χ0v) is 10.8. The van der Waals surface area contributed by atoms with Gasteiger partial charge in [-0.05, 0) is 23.4 Å². The number of carbonyl (C=O) groups is 1. The zero-order valence-electron chi connectivity index (χ0n) is 10.0. The minimum Gasteiger partial charge on any atom is -0.396 e. The van der Waals surface area contributed by atoms with E-state index in [1.165, 1.54) is 0 Å². The van der Waals surface area contributed by atoms with Gasteiger partial charge in [0.15, 0.2) is 5.69 Å². The lowest BCUT2D eigenvalue weighted by Crippen LogP contribution is -2.29. The number of aliphatic hydroxyl groups excluding tert-OH is 1. The van der Waals surface area contributed by atoms with E-state index in [0.717, 1.165) is 10.6 Å². The number of amides is 1. The molecule has 1 atom stereocenters.